The van der Waals surface area contributed by atoms with Crippen molar-refractivity contribution in [3.63, 3.8) is 0 Å². The van der Waals surface area contributed by atoms with E-state index >= 15 is 0 Å². The number of alkyl halides is 3. The number of halogens is 3. The van der Waals surface area contributed by atoms with E-state index in [4.69, 9.17) is 14.2 Å². The van der Waals surface area contributed by atoms with Crippen LogP contribution in [-0.4, -0.2) is 83.2 Å². The maximum Gasteiger partial charge on any atom is 0.437 e. The first kappa shape index (κ1) is 41.7. The van der Waals surface area contributed by atoms with Gasteiger partial charge in [-0.2, -0.15) is 13.2 Å². The number of hydrogen-bond acceptors (Lipinski definition) is 10. The molecule has 0 unspecified atom stereocenters. The Balaban J connectivity index is 1.27. The van der Waals surface area contributed by atoms with Gasteiger partial charge in [0.2, 0.25) is 21.8 Å². The van der Waals surface area contributed by atoms with Gasteiger partial charge in [-0.25, -0.2) is 13.4 Å². The lowest BCUT2D eigenvalue weighted by Crippen LogP contribution is -2.57. The molecule has 13 nitrogen and oxygen atoms in total. The van der Waals surface area contributed by atoms with Crippen molar-refractivity contribution in [2.45, 2.75) is 138 Å². The minimum Gasteiger partial charge on any atom is -0.497 e. The van der Waals surface area contributed by atoms with Crippen molar-refractivity contribution < 1.29 is 55.0 Å². The summed E-state index contributed by atoms with van der Waals surface area (Å²) in [5.41, 5.74) is -4.87. The average molecular weight is 833 g/mol. The van der Waals surface area contributed by atoms with Crippen molar-refractivity contribution in [3.8, 4) is 11.5 Å². The van der Waals surface area contributed by atoms with E-state index in [1.165, 1.54) is 31.1 Å². The first-order chi connectivity index (χ1) is 27.1. The second-order valence-corrected chi connectivity index (χ2v) is 20.0. The Morgan fingerprint density at radius 2 is 1.83 bits per heavy atom. The normalized spacial score (nSPS) is 29.1. The van der Waals surface area contributed by atoms with Gasteiger partial charge in [-0.15, -0.1) is 0 Å². The summed E-state index contributed by atoms with van der Waals surface area (Å²) < 4.78 is 89.0. The second kappa shape index (κ2) is 14.7. The molecular weight excluding hydrogens is 782 g/mol. The lowest BCUT2D eigenvalue weighted by Gasteiger charge is -2.37. The molecule has 1 aromatic carbocycles. The van der Waals surface area contributed by atoms with Crippen LogP contribution < -0.4 is 19.5 Å². The summed E-state index contributed by atoms with van der Waals surface area (Å²) in [6.07, 6.45) is 2.19. The van der Waals surface area contributed by atoms with Crippen LogP contribution in [0.2, 0.25) is 0 Å². The number of carbonyl (C=O) groups is 4. The maximum absolute atomic E-state index is 14.8. The monoisotopic (exact) mass is 832 g/mol. The quantitative estimate of drug-likeness (QED) is 0.273. The standard InChI is InChI=1S/C41H51F3N4O9S/c1-37(2,3)56-31(49)19-24-11-9-7-6-8-10-12-25-21-40(25,36(52)47-58(53,54)38(4)17-18-38)46-34(50)30-22-39(23-48(30)35(24)51)16-15-27-28-20-26(55-5)13-14-29(28)45-33(32(27)57-39)41(42,43)44/h10,12-14,20,24-25,30H,6-9,11,15-19,21-23H2,1-5H3,(H,46,50)(H,47,52)/b12-10-/t24-,25-,30+,39-,40-/m1/s1. The number of ether oxygens (including phenoxy) is 3. The summed E-state index contributed by atoms with van der Waals surface area (Å²) in [5.74, 6) is -4.44. The predicted octanol–water partition coefficient (Wildman–Crippen LogP) is 5.67. The van der Waals surface area contributed by atoms with Crippen molar-refractivity contribution in [1.82, 2.24) is 19.9 Å². The number of rotatable bonds is 6. The molecule has 2 aliphatic carbocycles. The Hall–Kier alpha value is -4.41. The third-order valence-electron chi connectivity index (χ3n) is 12.2. The number of fused-ring (bicyclic) bond motifs is 5. The molecule has 17 heteroatoms. The molecule has 2 saturated carbocycles. The molecule has 0 bridgehead atoms. The second-order valence-electron chi connectivity index (χ2n) is 17.8. The van der Waals surface area contributed by atoms with E-state index < -0.39 is 90.7 Å². The van der Waals surface area contributed by atoms with Crippen LogP contribution in [0.4, 0.5) is 13.2 Å². The Bertz CT molecular complexity index is 2170. The Labute approximate surface area is 335 Å². The van der Waals surface area contributed by atoms with Gasteiger partial charge in [-0.3, -0.25) is 23.9 Å². The summed E-state index contributed by atoms with van der Waals surface area (Å²) in [4.78, 5) is 61.8. The summed E-state index contributed by atoms with van der Waals surface area (Å²) in [6.45, 7) is 6.36. The van der Waals surface area contributed by atoms with E-state index in [1.807, 2.05) is 6.08 Å². The average Bonchev–Trinajstić information content (AvgIpc) is 4.03. The van der Waals surface area contributed by atoms with Gasteiger partial charge in [-0.05, 0) is 97.3 Å². The molecule has 5 aliphatic rings. The molecule has 3 amide bonds. The Morgan fingerprint density at radius 3 is 2.50 bits per heavy atom. The number of sulfonamides is 1. The number of pyridine rings is 1. The number of hydrogen-bond donors (Lipinski definition) is 2. The first-order valence-electron chi connectivity index (χ1n) is 19.9. The molecule has 3 aliphatic heterocycles. The fourth-order valence-corrected chi connectivity index (χ4v) is 9.86. The maximum atomic E-state index is 14.8. The van der Waals surface area contributed by atoms with E-state index in [-0.39, 0.29) is 56.1 Å². The summed E-state index contributed by atoms with van der Waals surface area (Å²) in [6, 6.07) is 3.20. The topological polar surface area (TPSA) is 170 Å². The summed E-state index contributed by atoms with van der Waals surface area (Å²) in [7, 11) is -2.65. The highest BCUT2D eigenvalue weighted by atomic mass is 32.2. The van der Waals surface area contributed by atoms with Crippen molar-refractivity contribution in [2.75, 3.05) is 13.7 Å². The van der Waals surface area contributed by atoms with Gasteiger partial charge < -0.3 is 24.4 Å². The third-order valence-corrected chi connectivity index (χ3v) is 14.4. The molecule has 316 valence electrons. The number of methoxy groups -OCH3 is 1. The zero-order chi connectivity index (χ0) is 42.1. The molecule has 5 atom stereocenters. The zero-order valence-electron chi connectivity index (χ0n) is 33.4. The number of nitrogens with one attached hydrogen (secondary N) is 2. The number of allylic oxidation sites excluding steroid dienone is 1. The van der Waals surface area contributed by atoms with Crippen LogP contribution in [0.5, 0.6) is 11.5 Å². The van der Waals surface area contributed by atoms with E-state index in [9.17, 15) is 40.8 Å². The van der Waals surface area contributed by atoms with Gasteiger partial charge in [0.05, 0.1) is 30.3 Å². The van der Waals surface area contributed by atoms with E-state index in [1.54, 1.807) is 32.9 Å². The molecule has 2 aromatic rings. The molecule has 1 spiro atoms. The molecule has 7 rings (SSSR count). The number of benzene rings is 1. The van der Waals surface area contributed by atoms with Crippen LogP contribution in [0, 0.1) is 11.8 Å². The zero-order valence-corrected chi connectivity index (χ0v) is 34.2. The lowest BCUT2D eigenvalue weighted by atomic mass is 9.87. The van der Waals surface area contributed by atoms with Gasteiger partial charge in [-0.1, -0.05) is 25.0 Å². The Morgan fingerprint density at radius 1 is 1.09 bits per heavy atom. The van der Waals surface area contributed by atoms with Crippen molar-refractivity contribution in [1.29, 1.82) is 0 Å². The highest BCUT2D eigenvalue weighted by Gasteiger charge is 2.64. The molecule has 58 heavy (non-hydrogen) atoms. The number of esters is 1. The highest BCUT2D eigenvalue weighted by Crippen LogP contribution is 2.51. The smallest absolute Gasteiger partial charge is 0.437 e. The van der Waals surface area contributed by atoms with Gasteiger partial charge in [0, 0.05) is 29.2 Å². The molecule has 3 fully saturated rings. The number of aromatic nitrogens is 1. The molecule has 0 radical (unpaired) electrons. The number of nitrogens with zero attached hydrogens (tertiary/aromatic N) is 2. The van der Waals surface area contributed by atoms with Gasteiger partial charge in [0.1, 0.15) is 28.5 Å². The van der Waals surface area contributed by atoms with E-state index in [2.05, 4.69) is 15.0 Å². The van der Waals surface area contributed by atoms with E-state index in [0.717, 1.165) is 6.42 Å². The predicted molar refractivity (Wildman–Crippen MR) is 205 cm³/mol. The third kappa shape index (κ3) is 8.11. The van der Waals surface area contributed by atoms with Crippen LogP contribution in [-0.2, 0) is 46.5 Å². The van der Waals surface area contributed by atoms with Crippen molar-refractivity contribution in [3.05, 3.63) is 41.6 Å². The van der Waals surface area contributed by atoms with Gasteiger partial charge >= 0.3 is 12.1 Å². The highest BCUT2D eigenvalue weighted by molar-refractivity contribution is 7.91. The summed E-state index contributed by atoms with van der Waals surface area (Å²) in [5, 5.41) is 3.22. The SMILES string of the molecule is COc1ccc2nc(C(F)(F)F)c3c(c2c1)CC[C@]1(C[C@H]2C(=O)N[C@]4(C(=O)NS(=O)(=O)C5(C)CC5)C[C@H]4/C=C\CCCCC[C@H](CC(=O)OC(C)(C)C)C(=O)N2C1)O3. The number of aryl methyl sites for hydroxylation is 1. The van der Waals surface area contributed by atoms with Crippen molar-refractivity contribution >= 4 is 44.6 Å². The molecule has 2 N–H and O–H groups in total. The van der Waals surface area contributed by atoms with Crippen LogP contribution >= 0.6 is 0 Å². The molecule has 4 heterocycles. The Kier molecular flexibility index (Phi) is 10.6. The lowest BCUT2D eigenvalue weighted by molar-refractivity contribution is -0.159. The largest absolute Gasteiger partial charge is 0.497 e. The minimum atomic E-state index is -4.92. The first-order valence-corrected chi connectivity index (χ1v) is 21.4. The van der Waals surface area contributed by atoms with Crippen LogP contribution in [0.1, 0.15) is 110 Å². The molecule has 1 saturated heterocycles. The number of amides is 3. The van der Waals surface area contributed by atoms with Gasteiger partial charge in [0.15, 0.2) is 11.4 Å². The van der Waals surface area contributed by atoms with Crippen molar-refractivity contribution in [2.24, 2.45) is 11.8 Å². The van der Waals surface area contributed by atoms with E-state index in [0.29, 0.717) is 43.2 Å². The minimum absolute atomic E-state index is 0.0815. The van der Waals surface area contributed by atoms with Crippen LogP contribution in [0.3, 0.4) is 0 Å². The molecular formula is C41H51F3N4O9S. The molecule has 1 aromatic heterocycles. The summed E-state index contributed by atoms with van der Waals surface area (Å²) >= 11 is 0. The fraction of sp³-hybridized carbons (Fsp3) is 0.634. The van der Waals surface area contributed by atoms with Crippen LogP contribution in [0.25, 0.3) is 10.9 Å². The van der Waals surface area contributed by atoms with Crippen LogP contribution in [0.15, 0.2) is 30.4 Å². The number of carbonyl (C=O) groups excluding carboxylic acids is 4. The fourth-order valence-electron chi connectivity index (χ4n) is 8.54. The van der Waals surface area contributed by atoms with Gasteiger partial charge in [0.25, 0.3) is 5.91 Å².